The maximum atomic E-state index is 12.6. The Morgan fingerprint density at radius 3 is 2.43 bits per heavy atom. The molecule has 0 saturated heterocycles. The van der Waals surface area contributed by atoms with Crippen LogP contribution in [0.3, 0.4) is 0 Å². The molecule has 5 heteroatoms. The lowest BCUT2D eigenvalue weighted by atomic mass is 9.98. The Bertz CT molecular complexity index is 896. The third kappa shape index (κ3) is 6.69. The third-order valence-electron chi connectivity index (χ3n) is 4.73. The van der Waals surface area contributed by atoms with Gasteiger partial charge in [0.25, 0.3) is 5.91 Å². The second-order valence-electron chi connectivity index (χ2n) is 6.74. The number of pyridine rings is 2. The molecule has 0 radical (unpaired) electrons. The molecule has 1 unspecified atom stereocenters. The number of aromatic nitrogens is 2. The van der Waals surface area contributed by atoms with Crippen molar-refractivity contribution in [3.8, 4) is 5.88 Å². The summed E-state index contributed by atoms with van der Waals surface area (Å²) in [4.78, 5) is 20.8. The second kappa shape index (κ2) is 12.4. The van der Waals surface area contributed by atoms with Gasteiger partial charge in [-0.1, -0.05) is 59.0 Å². The number of ether oxygens (including phenoxy) is 1. The van der Waals surface area contributed by atoms with Crippen LogP contribution in [0.5, 0.6) is 5.88 Å². The van der Waals surface area contributed by atoms with E-state index in [0.29, 0.717) is 30.5 Å². The largest absolute Gasteiger partial charge is 0.472 e. The molecule has 0 spiro atoms. The molecule has 3 rings (SSSR count). The number of carbonyl (C=O) groups is 1. The van der Waals surface area contributed by atoms with Crippen LogP contribution in [0.4, 0.5) is 0 Å². The van der Waals surface area contributed by atoms with Crippen LogP contribution in [0.1, 0.15) is 68.1 Å². The second-order valence-corrected chi connectivity index (χ2v) is 6.74. The van der Waals surface area contributed by atoms with E-state index in [1.165, 1.54) is 5.56 Å². The highest BCUT2D eigenvalue weighted by molar-refractivity contribution is 5.96. The van der Waals surface area contributed by atoms with Gasteiger partial charge in [-0.25, -0.2) is 4.98 Å². The van der Waals surface area contributed by atoms with Crippen molar-refractivity contribution in [2.24, 2.45) is 0 Å². The lowest BCUT2D eigenvalue weighted by molar-refractivity contribution is 0.0945. The van der Waals surface area contributed by atoms with Crippen LogP contribution in [0.25, 0.3) is 0 Å². The minimum Gasteiger partial charge on any atom is -0.472 e. The minimum absolute atomic E-state index is 0. The van der Waals surface area contributed by atoms with Gasteiger partial charge in [0.2, 0.25) is 5.88 Å². The van der Waals surface area contributed by atoms with Crippen LogP contribution >= 0.6 is 0 Å². The molecule has 0 bridgehead atoms. The number of amides is 1. The van der Waals surface area contributed by atoms with Crippen molar-refractivity contribution < 1.29 is 9.53 Å². The maximum Gasteiger partial charge on any atom is 0.257 e. The van der Waals surface area contributed by atoms with Gasteiger partial charge in [-0.2, -0.15) is 0 Å². The highest BCUT2D eigenvalue weighted by atomic mass is 16.5. The normalized spacial score (nSPS) is 10.9. The van der Waals surface area contributed by atoms with Crippen molar-refractivity contribution >= 4 is 5.91 Å². The predicted octanol–water partition coefficient (Wildman–Crippen LogP) is 5.77. The average Bonchev–Trinajstić information content (AvgIpc) is 2.76. The molecule has 0 fully saturated rings. The van der Waals surface area contributed by atoms with Gasteiger partial charge in [-0.05, 0) is 47.2 Å². The molecule has 0 aliphatic rings. The first-order valence-electron chi connectivity index (χ1n) is 9.51. The molecule has 160 valence electrons. The highest BCUT2D eigenvalue weighted by Crippen LogP contribution is 2.20. The summed E-state index contributed by atoms with van der Waals surface area (Å²) < 4.78 is 5.84. The molecule has 2 aromatic heterocycles. The Kier molecular flexibility index (Phi) is 10.2. The van der Waals surface area contributed by atoms with E-state index >= 15 is 0 Å². The van der Waals surface area contributed by atoms with Crippen molar-refractivity contribution in [2.45, 2.75) is 54.2 Å². The van der Waals surface area contributed by atoms with E-state index in [1.807, 2.05) is 12.1 Å². The zero-order chi connectivity index (χ0) is 19.8. The fourth-order valence-electron chi connectivity index (χ4n) is 2.79. The zero-order valence-electron chi connectivity index (χ0n) is 16.3. The van der Waals surface area contributed by atoms with Gasteiger partial charge < -0.3 is 10.1 Å². The van der Waals surface area contributed by atoms with E-state index in [-0.39, 0.29) is 20.8 Å². The lowest BCUT2D eigenvalue weighted by Crippen LogP contribution is -2.23. The summed E-state index contributed by atoms with van der Waals surface area (Å²) in [7, 11) is 0. The smallest absolute Gasteiger partial charge is 0.257 e. The standard InChI is InChI=1S/C23H25N3O2.2CH4/c1-3-17(2)20-10-8-18(9-11-20)16-28-23-21(7-5-13-25-23)22(27)26-15-19-6-4-12-24-14-19;;/h4-14,17H,3,15-16H2,1-2H3,(H,26,27);2*1H4. The molecule has 1 aromatic carbocycles. The molecule has 0 aliphatic carbocycles. The summed E-state index contributed by atoms with van der Waals surface area (Å²) in [6, 6.07) is 15.6. The summed E-state index contributed by atoms with van der Waals surface area (Å²) in [5, 5.41) is 2.88. The highest BCUT2D eigenvalue weighted by Gasteiger charge is 2.13. The molecular formula is C25H33N3O2. The zero-order valence-corrected chi connectivity index (χ0v) is 16.3. The number of benzene rings is 1. The maximum absolute atomic E-state index is 12.6. The fraction of sp³-hybridized carbons (Fsp3) is 0.320. The third-order valence-corrected chi connectivity index (χ3v) is 4.73. The van der Waals surface area contributed by atoms with Gasteiger partial charge in [0.15, 0.2) is 0 Å². The Hall–Kier alpha value is -3.21. The van der Waals surface area contributed by atoms with Crippen molar-refractivity contribution in [3.63, 3.8) is 0 Å². The molecule has 0 aliphatic heterocycles. The Morgan fingerprint density at radius 2 is 1.77 bits per heavy atom. The summed E-state index contributed by atoms with van der Waals surface area (Å²) in [6.45, 7) is 5.16. The van der Waals surface area contributed by atoms with Crippen LogP contribution in [0, 0.1) is 0 Å². The number of hydrogen-bond donors (Lipinski definition) is 1. The molecule has 0 saturated carbocycles. The van der Waals surface area contributed by atoms with E-state index < -0.39 is 0 Å². The number of nitrogens with one attached hydrogen (secondary N) is 1. The number of hydrogen-bond acceptors (Lipinski definition) is 4. The molecule has 1 atom stereocenters. The number of rotatable bonds is 8. The first-order valence-corrected chi connectivity index (χ1v) is 9.51. The molecule has 1 amide bonds. The van der Waals surface area contributed by atoms with Crippen LogP contribution in [-0.2, 0) is 13.2 Å². The quantitative estimate of drug-likeness (QED) is 0.515. The van der Waals surface area contributed by atoms with Crippen molar-refractivity contribution in [3.05, 3.63) is 89.4 Å². The Balaban J connectivity index is 0.00000225. The minimum atomic E-state index is -0.223. The lowest BCUT2D eigenvalue weighted by Gasteiger charge is -2.12. The van der Waals surface area contributed by atoms with E-state index in [4.69, 9.17) is 4.74 Å². The Labute approximate surface area is 180 Å². The van der Waals surface area contributed by atoms with Gasteiger partial charge in [0, 0.05) is 25.1 Å². The van der Waals surface area contributed by atoms with Crippen LogP contribution < -0.4 is 10.1 Å². The number of nitrogens with zero attached hydrogens (tertiary/aromatic N) is 2. The summed E-state index contributed by atoms with van der Waals surface area (Å²) in [5.41, 5.74) is 3.71. The van der Waals surface area contributed by atoms with Gasteiger partial charge in [-0.3, -0.25) is 9.78 Å². The molecule has 30 heavy (non-hydrogen) atoms. The van der Waals surface area contributed by atoms with E-state index in [2.05, 4.69) is 53.4 Å². The first-order chi connectivity index (χ1) is 13.7. The van der Waals surface area contributed by atoms with E-state index in [9.17, 15) is 4.79 Å². The first kappa shape index (κ1) is 24.8. The predicted molar refractivity (Wildman–Crippen MR) is 123 cm³/mol. The molecule has 3 aromatic rings. The van der Waals surface area contributed by atoms with Gasteiger partial charge in [-0.15, -0.1) is 0 Å². The van der Waals surface area contributed by atoms with Gasteiger partial charge in [0.05, 0.1) is 0 Å². The summed E-state index contributed by atoms with van der Waals surface area (Å²) in [5.74, 6) is 0.650. The number of carbonyl (C=O) groups excluding carboxylic acids is 1. The van der Waals surface area contributed by atoms with Crippen LogP contribution in [-0.4, -0.2) is 15.9 Å². The monoisotopic (exact) mass is 407 g/mol. The van der Waals surface area contributed by atoms with Gasteiger partial charge >= 0.3 is 0 Å². The SMILES string of the molecule is C.C.CCC(C)c1ccc(COc2ncccc2C(=O)NCc2cccnc2)cc1. The van der Waals surface area contributed by atoms with E-state index in [0.717, 1.165) is 17.5 Å². The molecule has 1 N–H and O–H groups in total. The molecule has 2 heterocycles. The topological polar surface area (TPSA) is 64.1 Å². The van der Waals surface area contributed by atoms with Gasteiger partial charge in [0.1, 0.15) is 12.2 Å². The summed E-state index contributed by atoms with van der Waals surface area (Å²) in [6.07, 6.45) is 6.17. The molecular weight excluding hydrogens is 374 g/mol. The molecule has 5 nitrogen and oxygen atoms in total. The average molecular weight is 408 g/mol. The van der Waals surface area contributed by atoms with Crippen LogP contribution in [0.15, 0.2) is 67.1 Å². The van der Waals surface area contributed by atoms with Crippen molar-refractivity contribution in [1.29, 1.82) is 0 Å². The van der Waals surface area contributed by atoms with Crippen LogP contribution in [0.2, 0.25) is 0 Å². The van der Waals surface area contributed by atoms with E-state index in [1.54, 1.807) is 30.7 Å². The fourth-order valence-corrected chi connectivity index (χ4v) is 2.79. The summed E-state index contributed by atoms with van der Waals surface area (Å²) >= 11 is 0. The van der Waals surface area contributed by atoms with Crippen molar-refractivity contribution in [2.75, 3.05) is 0 Å². The Morgan fingerprint density at radius 1 is 1.03 bits per heavy atom. The van der Waals surface area contributed by atoms with Crippen molar-refractivity contribution in [1.82, 2.24) is 15.3 Å².